The van der Waals surface area contributed by atoms with Crippen molar-refractivity contribution in [3.63, 3.8) is 0 Å². The van der Waals surface area contributed by atoms with Gasteiger partial charge in [-0.3, -0.25) is 0 Å². The van der Waals surface area contributed by atoms with Crippen LogP contribution in [0, 0.1) is 5.82 Å². The van der Waals surface area contributed by atoms with Crippen LogP contribution < -0.4 is 10.1 Å². The van der Waals surface area contributed by atoms with Crippen LogP contribution in [-0.2, 0) is 0 Å². The molecular formula is C14H18FN3O2. The van der Waals surface area contributed by atoms with Crippen LogP contribution in [-0.4, -0.2) is 34.3 Å². The maximum atomic E-state index is 13.7. The third-order valence-electron chi connectivity index (χ3n) is 3.46. The summed E-state index contributed by atoms with van der Waals surface area (Å²) in [5, 5.41) is 13.3. The maximum absolute atomic E-state index is 13.7. The van der Waals surface area contributed by atoms with Crippen molar-refractivity contribution in [1.29, 1.82) is 0 Å². The summed E-state index contributed by atoms with van der Waals surface area (Å²) in [6.45, 7) is 3.82. The average molecular weight is 279 g/mol. The number of benzene rings is 1. The Bertz CT molecular complexity index is 615. The minimum Gasteiger partial charge on any atom is -0.494 e. The second kappa shape index (κ2) is 5.58. The maximum Gasteiger partial charge on any atom is 0.167 e. The van der Waals surface area contributed by atoms with Crippen molar-refractivity contribution >= 4 is 16.7 Å². The molecule has 0 saturated heterocycles. The molecule has 6 heteroatoms. The van der Waals surface area contributed by atoms with Gasteiger partial charge in [0.2, 0.25) is 0 Å². The summed E-state index contributed by atoms with van der Waals surface area (Å²) in [7, 11) is 1.41. The van der Waals surface area contributed by atoms with Crippen LogP contribution in [0.4, 0.5) is 10.2 Å². The quantitative estimate of drug-likeness (QED) is 0.879. The Morgan fingerprint density at radius 2 is 2.15 bits per heavy atom. The van der Waals surface area contributed by atoms with Crippen LogP contribution >= 0.6 is 0 Å². The first-order chi connectivity index (χ1) is 9.53. The molecule has 0 aliphatic carbocycles. The molecule has 0 fully saturated rings. The van der Waals surface area contributed by atoms with Crippen molar-refractivity contribution in [3.8, 4) is 5.75 Å². The van der Waals surface area contributed by atoms with Gasteiger partial charge < -0.3 is 15.2 Å². The Morgan fingerprint density at radius 1 is 1.40 bits per heavy atom. The van der Waals surface area contributed by atoms with Crippen LogP contribution in [0.3, 0.4) is 0 Å². The first-order valence-corrected chi connectivity index (χ1v) is 6.40. The van der Waals surface area contributed by atoms with Gasteiger partial charge in [0.05, 0.1) is 24.8 Å². The topological polar surface area (TPSA) is 67.3 Å². The van der Waals surface area contributed by atoms with Gasteiger partial charge in [0.15, 0.2) is 11.6 Å². The Labute approximate surface area is 116 Å². The zero-order chi connectivity index (χ0) is 14.8. The first-order valence-electron chi connectivity index (χ1n) is 6.40. The molecule has 1 heterocycles. The van der Waals surface area contributed by atoms with Gasteiger partial charge in [-0.2, -0.15) is 0 Å². The molecule has 0 saturated carbocycles. The Kier molecular flexibility index (Phi) is 4.04. The van der Waals surface area contributed by atoms with Crippen LogP contribution in [0.5, 0.6) is 5.75 Å². The van der Waals surface area contributed by atoms with Crippen LogP contribution in [0.1, 0.15) is 20.3 Å². The fourth-order valence-electron chi connectivity index (χ4n) is 1.84. The van der Waals surface area contributed by atoms with Crippen molar-refractivity contribution < 1.29 is 14.2 Å². The van der Waals surface area contributed by atoms with Crippen molar-refractivity contribution in [1.82, 2.24) is 9.97 Å². The van der Waals surface area contributed by atoms with E-state index in [0.29, 0.717) is 23.1 Å². The summed E-state index contributed by atoms with van der Waals surface area (Å²) in [6, 6.07) is 2.86. The van der Waals surface area contributed by atoms with Crippen LogP contribution in [0.15, 0.2) is 18.5 Å². The molecule has 2 rings (SSSR count). The molecule has 2 N–H and O–H groups in total. The number of aromatic nitrogens is 2. The van der Waals surface area contributed by atoms with Crippen LogP contribution in [0.25, 0.3) is 10.9 Å². The van der Waals surface area contributed by atoms with Gasteiger partial charge in [-0.25, -0.2) is 14.4 Å². The van der Waals surface area contributed by atoms with Gasteiger partial charge in [-0.05, 0) is 19.4 Å². The van der Waals surface area contributed by atoms with E-state index in [0.717, 1.165) is 0 Å². The monoisotopic (exact) mass is 279 g/mol. The zero-order valence-corrected chi connectivity index (χ0v) is 11.8. The van der Waals surface area contributed by atoms with Crippen molar-refractivity contribution in [2.45, 2.75) is 25.8 Å². The molecule has 20 heavy (non-hydrogen) atoms. The van der Waals surface area contributed by atoms with E-state index in [4.69, 9.17) is 4.74 Å². The summed E-state index contributed by atoms with van der Waals surface area (Å²) in [6.07, 6.45) is 2.08. The minimum atomic E-state index is -0.497. The Balaban J connectivity index is 2.53. The molecule has 1 atom stereocenters. The summed E-state index contributed by atoms with van der Waals surface area (Å²) >= 11 is 0. The van der Waals surface area contributed by atoms with E-state index in [9.17, 15) is 9.50 Å². The van der Waals surface area contributed by atoms with E-state index in [1.807, 2.05) is 13.8 Å². The fourth-order valence-corrected chi connectivity index (χ4v) is 1.84. The number of hydrogen-bond donors (Lipinski definition) is 2. The molecule has 0 bridgehead atoms. The van der Waals surface area contributed by atoms with E-state index in [-0.39, 0.29) is 12.4 Å². The number of ether oxygens (including phenoxy) is 1. The van der Waals surface area contributed by atoms with E-state index in [1.165, 1.54) is 19.5 Å². The molecule has 0 radical (unpaired) electrons. The Hall–Kier alpha value is -1.95. The smallest absolute Gasteiger partial charge is 0.167 e. The van der Waals surface area contributed by atoms with Gasteiger partial charge in [0.1, 0.15) is 12.1 Å². The first kappa shape index (κ1) is 14.5. The molecule has 0 spiro atoms. The number of rotatable bonds is 5. The summed E-state index contributed by atoms with van der Waals surface area (Å²) in [5.74, 6) is 0.217. The molecule has 0 aliphatic heterocycles. The molecule has 1 aromatic carbocycles. The standard InChI is InChI=1S/C14H18FN3O2/c1-4-14(2,7-19)18-13-9-5-12(20-3)10(15)6-11(9)16-8-17-13/h5-6,8,19H,4,7H2,1-3H3,(H,16,17,18). The predicted molar refractivity (Wildman–Crippen MR) is 75.5 cm³/mol. The van der Waals surface area contributed by atoms with Crippen LogP contribution in [0.2, 0.25) is 0 Å². The highest BCUT2D eigenvalue weighted by Crippen LogP contribution is 2.29. The lowest BCUT2D eigenvalue weighted by Gasteiger charge is -2.28. The summed E-state index contributed by atoms with van der Waals surface area (Å²) in [4.78, 5) is 8.23. The lowest BCUT2D eigenvalue weighted by molar-refractivity contribution is 0.218. The van der Waals surface area contributed by atoms with Crippen molar-refractivity contribution in [2.75, 3.05) is 19.0 Å². The summed E-state index contributed by atoms with van der Waals surface area (Å²) in [5.41, 5.74) is -0.0136. The second-order valence-electron chi connectivity index (χ2n) is 4.92. The number of aliphatic hydroxyl groups excluding tert-OH is 1. The largest absolute Gasteiger partial charge is 0.494 e. The third-order valence-corrected chi connectivity index (χ3v) is 3.46. The van der Waals surface area contributed by atoms with E-state index < -0.39 is 11.4 Å². The number of methoxy groups -OCH3 is 1. The molecular weight excluding hydrogens is 261 g/mol. The molecule has 5 nitrogen and oxygen atoms in total. The summed E-state index contributed by atoms with van der Waals surface area (Å²) < 4.78 is 18.7. The average Bonchev–Trinajstić information content (AvgIpc) is 2.46. The molecule has 2 aromatic rings. The fraction of sp³-hybridized carbons (Fsp3) is 0.429. The second-order valence-corrected chi connectivity index (χ2v) is 4.92. The number of nitrogens with zero attached hydrogens (tertiary/aromatic N) is 2. The number of anilines is 1. The predicted octanol–water partition coefficient (Wildman–Crippen LogP) is 2.35. The van der Waals surface area contributed by atoms with E-state index in [2.05, 4.69) is 15.3 Å². The Morgan fingerprint density at radius 3 is 2.75 bits per heavy atom. The molecule has 0 amide bonds. The molecule has 108 valence electrons. The highest BCUT2D eigenvalue weighted by Gasteiger charge is 2.22. The highest BCUT2D eigenvalue weighted by atomic mass is 19.1. The van der Waals surface area contributed by atoms with Crippen molar-refractivity contribution in [2.24, 2.45) is 0 Å². The number of halogens is 1. The lowest BCUT2D eigenvalue weighted by atomic mass is 10.00. The van der Waals surface area contributed by atoms with E-state index >= 15 is 0 Å². The minimum absolute atomic E-state index is 0.0344. The molecule has 1 unspecified atom stereocenters. The SMILES string of the molecule is CCC(C)(CO)Nc1ncnc2cc(F)c(OC)cc12. The van der Waals surface area contributed by atoms with Gasteiger partial charge in [-0.1, -0.05) is 6.92 Å². The van der Waals surface area contributed by atoms with Gasteiger partial charge in [0, 0.05) is 11.5 Å². The normalized spacial score (nSPS) is 14.1. The van der Waals surface area contributed by atoms with Crippen molar-refractivity contribution in [3.05, 3.63) is 24.3 Å². The number of hydrogen-bond acceptors (Lipinski definition) is 5. The lowest BCUT2D eigenvalue weighted by Crippen LogP contribution is -2.38. The molecule has 0 aliphatic rings. The van der Waals surface area contributed by atoms with Gasteiger partial charge >= 0.3 is 0 Å². The third kappa shape index (κ3) is 2.65. The number of fused-ring (bicyclic) bond motifs is 1. The van der Waals surface area contributed by atoms with Gasteiger partial charge in [0.25, 0.3) is 0 Å². The van der Waals surface area contributed by atoms with Gasteiger partial charge in [-0.15, -0.1) is 0 Å². The zero-order valence-electron chi connectivity index (χ0n) is 11.8. The number of nitrogens with one attached hydrogen (secondary N) is 1. The highest BCUT2D eigenvalue weighted by molar-refractivity contribution is 5.90. The molecule has 1 aromatic heterocycles. The number of aliphatic hydroxyl groups is 1. The van der Waals surface area contributed by atoms with E-state index in [1.54, 1.807) is 6.07 Å².